The van der Waals surface area contributed by atoms with Gasteiger partial charge in [-0.1, -0.05) is 34.6 Å². The molecule has 0 spiro atoms. The maximum absolute atomic E-state index is 5.26. The Morgan fingerprint density at radius 3 is 2.41 bits per heavy atom. The second kappa shape index (κ2) is 5.50. The molecule has 0 unspecified atom stereocenters. The van der Waals surface area contributed by atoms with Crippen LogP contribution >= 0.6 is 0 Å². The zero-order chi connectivity index (χ0) is 13.1. The molecule has 0 amide bonds. The van der Waals surface area contributed by atoms with Gasteiger partial charge in [0, 0.05) is 24.1 Å². The van der Waals surface area contributed by atoms with Crippen LogP contribution in [0.25, 0.3) is 0 Å². The number of methoxy groups -OCH3 is 1. The topological polar surface area (TPSA) is 34.1 Å². The van der Waals surface area contributed by atoms with Crippen LogP contribution in [0.3, 0.4) is 0 Å². The summed E-state index contributed by atoms with van der Waals surface area (Å²) < 4.78 is 5.26. The molecule has 0 saturated heterocycles. The van der Waals surface area contributed by atoms with E-state index in [4.69, 9.17) is 4.74 Å². The Balaban J connectivity index is 2.97. The molecule has 0 aliphatic heterocycles. The minimum absolute atomic E-state index is 0.0428. The predicted molar refractivity (Wildman–Crippen MR) is 71.5 cm³/mol. The SMILES string of the molecule is COc1cc(CNC(C)C)cc(C(C)(C)C)n1. The largest absolute Gasteiger partial charge is 0.481 e. The number of pyridine rings is 1. The Morgan fingerprint density at radius 1 is 1.29 bits per heavy atom. The monoisotopic (exact) mass is 236 g/mol. The number of nitrogens with zero attached hydrogens (tertiary/aromatic N) is 1. The number of rotatable bonds is 4. The highest BCUT2D eigenvalue weighted by Gasteiger charge is 2.17. The van der Waals surface area contributed by atoms with Gasteiger partial charge in [-0.05, 0) is 11.6 Å². The summed E-state index contributed by atoms with van der Waals surface area (Å²) in [5, 5.41) is 3.41. The normalized spacial score (nSPS) is 11.9. The van der Waals surface area contributed by atoms with E-state index in [-0.39, 0.29) is 5.41 Å². The number of hydrogen-bond acceptors (Lipinski definition) is 3. The third-order valence-electron chi connectivity index (χ3n) is 2.55. The first-order valence-electron chi connectivity index (χ1n) is 6.11. The second-order valence-electron chi connectivity index (χ2n) is 5.69. The molecule has 1 N–H and O–H groups in total. The van der Waals surface area contributed by atoms with Crippen LogP contribution < -0.4 is 10.1 Å². The fraction of sp³-hybridized carbons (Fsp3) is 0.643. The Labute approximate surface area is 105 Å². The summed E-state index contributed by atoms with van der Waals surface area (Å²) in [6.07, 6.45) is 0. The number of ether oxygens (including phenoxy) is 1. The van der Waals surface area contributed by atoms with Crippen molar-refractivity contribution in [1.82, 2.24) is 10.3 Å². The van der Waals surface area contributed by atoms with E-state index in [9.17, 15) is 0 Å². The minimum atomic E-state index is 0.0428. The summed E-state index contributed by atoms with van der Waals surface area (Å²) in [4.78, 5) is 4.50. The Morgan fingerprint density at radius 2 is 1.94 bits per heavy atom. The molecule has 0 aliphatic rings. The van der Waals surface area contributed by atoms with E-state index in [2.05, 4.69) is 51.0 Å². The molecule has 0 aliphatic carbocycles. The third-order valence-corrected chi connectivity index (χ3v) is 2.55. The van der Waals surface area contributed by atoms with Crippen LogP contribution in [0.15, 0.2) is 12.1 Å². The van der Waals surface area contributed by atoms with Crippen molar-refractivity contribution in [2.45, 2.75) is 52.6 Å². The molecule has 3 nitrogen and oxygen atoms in total. The molecule has 1 aromatic heterocycles. The average Bonchev–Trinajstić information content (AvgIpc) is 2.24. The lowest BCUT2D eigenvalue weighted by atomic mass is 9.91. The van der Waals surface area contributed by atoms with E-state index in [0.29, 0.717) is 11.9 Å². The smallest absolute Gasteiger partial charge is 0.213 e. The first-order chi connectivity index (χ1) is 7.82. The van der Waals surface area contributed by atoms with Crippen LogP contribution in [0.4, 0.5) is 0 Å². The molecule has 1 heterocycles. The van der Waals surface area contributed by atoms with Gasteiger partial charge in [0.25, 0.3) is 0 Å². The van der Waals surface area contributed by atoms with Crippen LogP contribution in [0, 0.1) is 0 Å². The fourth-order valence-electron chi connectivity index (χ4n) is 1.47. The van der Waals surface area contributed by atoms with Crippen LogP contribution in [0.1, 0.15) is 45.9 Å². The molecule has 17 heavy (non-hydrogen) atoms. The zero-order valence-electron chi connectivity index (χ0n) is 11.8. The van der Waals surface area contributed by atoms with E-state index in [1.165, 1.54) is 5.56 Å². The minimum Gasteiger partial charge on any atom is -0.481 e. The van der Waals surface area contributed by atoms with Gasteiger partial charge >= 0.3 is 0 Å². The summed E-state index contributed by atoms with van der Waals surface area (Å²) in [5.41, 5.74) is 2.33. The lowest BCUT2D eigenvalue weighted by Gasteiger charge is -2.20. The van der Waals surface area contributed by atoms with Gasteiger partial charge in [0.05, 0.1) is 12.8 Å². The van der Waals surface area contributed by atoms with Gasteiger partial charge in [0.1, 0.15) is 0 Å². The quantitative estimate of drug-likeness (QED) is 0.873. The first-order valence-corrected chi connectivity index (χ1v) is 6.11. The van der Waals surface area contributed by atoms with Crippen LogP contribution in [0.5, 0.6) is 5.88 Å². The molecule has 0 fully saturated rings. The van der Waals surface area contributed by atoms with Crippen molar-refractivity contribution >= 4 is 0 Å². The van der Waals surface area contributed by atoms with Crippen molar-refractivity contribution in [3.63, 3.8) is 0 Å². The van der Waals surface area contributed by atoms with Gasteiger partial charge in [-0.2, -0.15) is 0 Å². The number of hydrogen-bond donors (Lipinski definition) is 1. The van der Waals surface area contributed by atoms with E-state index < -0.39 is 0 Å². The molecule has 0 bridgehead atoms. The van der Waals surface area contributed by atoms with Crippen LogP contribution in [-0.4, -0.2) is 18.1 Å². The number of nitrogens with one attached hydrogen (secondary N) is 1. The molecular weight excluding hydrogens is 212 g/mol. The molecule has 0 radical (unpaired) electrons. The van der Waals surface area contributed by atoms with Gasteiger partial charge in [-0.25, -0.2) is 4.98 Å². The highest BCUT2D eigenvalue weighted by Crippen LogP contribution is 2.24. The van der Waals surface area contributed by atoms with E-state index in [0.717, 1.165) is 12.2 Å². The van der Waals surface area contributed by atoms with E-state index in [1.807, 2.05) is 6.07 Å². The van der Waals surface area contributed by atoms with E-state index >= 15 is 0 Å². The van der Waals surface area contributed by atoms with Crippen molar-refractivity contribution in [1.29, 1.82) is 0 Å². The summed E-state index contributed by atoms with van der Waals surface area (Å²) in [5.74, 6) is 0.693. The van der Waals surface area contributed by atoms with Gasteiger partial charge in [0.15, 0.2) is 0 Å². The fourth-order valence-corrected chi connectivity index (χ4v) is 1.47. The molecule has 1 rings (SSSR count). The lowest BCUT2D eigenvalue weighted by molar-refractivity contribution is 0.390. The molecule has 0 aromatic carbocycles. The zero-order valence-corrected chi connectivity index (χ0v) is 11.8. The van der Waals surface area contributed by atoms with Crippen molar-refractivity contribution in [3.8, 4) is 5.88 Å². The molecule has 3 heteroatoms. The van der Waals surface area contributed by atoms with Crippen molar-refractivity contribution in [2.24, 2.45) is 0 Å². The maximum Gasteiger partial charge on any atom is 0.213 e. The molecule has 0 atom stereocenters. The highest BCUT2D eigenvalue weighted by molar-refractivity contribution is 5.28. The van der Waals surface area contributed by atoms with Crippen molar-refractivity contribution in [3.05, 3.63) is 23.4 Å². The standard InChI is InChI=1S/C14H24N2O/c1-10(2)15-9-11-7-12(14(3,4)5)16-13(8-11)17-6/h7-8,10,15H,9H2,1-6H3. The highest BCUT2D eigenvalue weighted by atomic mass is 16.5. The molecular formula is C14H24N2O. The number of aromatic nitrogens is 1. The summed E-state index contributed by atoms with van der Waals surface area (Å²) >= 11 is 0. The Kier molecular flexibility index (Phi) is 4.52. The lowest BCUT2D eigenvalue weighted by Crippen LogP contribution is -2.22. The van der Waals surface area contributed by atoms with Crippen molar-refractivity contribution in [2.75, 3.05) is 7.11 Å². The van der Waals surface area contributed by atoms with Gasteiger partial charge in [0.2, 0.25) is 5.88 Å². The van der Waals surface area contributed by atoms with Crippen LogP contribution in [-0.2, 0) is 12.0 Å². The Bertz CT molecular complexity index is 367. The van der Waals surface area contributed by atoms with Crippen molar-refractivity contribution < 1.29 is 4.74 Å². The van der Waals surface area contributed by atoms with Gasteiger partial charge < -0.3 is 10.1 Å². The Hall–Kier alpha value is -1.09. The first kappa shape index (κ1) is 14.0. The second-order valence-corrected chi connectivity index (χ2v) is 5.69. The average molecular weight is 236 g/mol. The van der Waals surface area contributed by atoms with E-state index in [1.54, 1.807) is 7.11 Å². The maximum atomic E-state index is 5.26. The van der Waals surface area contributed by atoms with Crippen LogP contribution in [0.2, 0.25) is 0 Å². The third kappa shape index (κ3) is 4.35. The summed E-state index contributed by atoms with van der Waals surface area (Å²) in [7, 11) is 1.66. The molecule has 1 aromatic rings. The predicted octanol–water partition coefficient (Wildman–Crippen LogP) is 2.89. The molecule has 0 saturated carbocycles. The summed E-state index contributed by atoms with van der Waals surface area (Å²) in [6, 6.07) is 4.62. The summed E-state index contributed by atoms with van der Waals surface area (Å²) in [6.45, 7) is 11.6. The van der Waals surface area contributed by atoms with Gasteiger partial charge in [-0.15, -0.1) is 0 Å². The molecule has 96 valence electrons. The van der Waals surface area contributed by atoms with Gasteiger partial charge in [-0.3, -0.25) is 0 Å².